The van der Waals surface area contributed by atoms with Crippen LogP contribution in [-0.2, 0) is 0 Å². The second-order valence-corrected chi connectivity index (χ2v) is 6.99. The standard InChI is InChI=1S/C17H15F3N2S/c18-17(19,20)16(12-8-9-12)11-14(15-7-4-10-23-15)21-22(16)13-5-2-1-3-6-13/h1-7,10,12H,8-9,11H2. The Kier molecular flexibility index (Phi) is 3.27. The van der Waals surface area contributed by atoms with E-state index in [0.717, 1.165) is 4.88 Å². The van der Waals surface area contributed by atoms with Crippen LogP contribution >= 0.6 is 11.3 Å². The first-order chi connectivity index (χ1) is 11.0. The number of halogens is 3. The molecule has 1 atom stereocenters. The van der Waals surface area contributed by atoms with Gasteiger partial charge in [-0.3, -0.25) is 0 Å². The highest BCUT2D eigenvalue weighted by molar-refractivity contribution is 7.12. The van der Waals surface area contributed by atoms with Crippen LogP contribution in [0.25, 0.3) is 0 Å². The van der Waals surface area contributed by atoms with E-state index in [1.54, 1.807) is 30.3 Å². The van der Waals surface area contributed by atoms with Crippen LogP contribution in [0.2, 0.25) is 0 Å². The van der Waals surface area contributed by atoms with E-state index in [1.807, 2.05) is 17.5 Å². The summed E-state index contributed by atoms with van der Waals surface area (Å²) < 4.78 is 42.4. The number of alkyl halides is 3. The summed E-state index contributed by atoms with van der Waals surface area (Å²) in [7, 11) is 0. The number of rotatable bonds is 3. The second kappa shape index (κ2) is 5.09. The van der Waals surface area contributed by atoms with E-state index in [4.69, 9.17) is 0 Å². The van der Waals surface area contributed by atoms with E-state index in [9.17, 15) is 13.2 Å². The summed E-state index contributed by atoms with van der Waals surface area (Å²) in [5.74, 6) is -0.385. The van der Waals surface area contributed by atoms with Gasteiger partial charge in [0.1, 0.15) is 0 Å². The summed E-state index contributed by atoms with van der Waals surface area (Å²) in [6.45, 7) is 0. The molecule has 0 radical (unpaired) electrons. The number of hydrogen-bond acceptors (Lipinski definition) is 3. The van der Waals surface area contributed by atoms with Gasteiger partial charge in [0.2, 0.25) is 0 Å². The van der Waals surface area contributed by atoms with Crippen molar-refractivity contribution < 1.29 is 13.2 Å². The van der Waals surface area contributed by atoms with Crippen molar-refractivity contribution in [2.75, 3.05) is 5.01 Å². The van der Waals surface area contributed by atoms with Crippen molar-refractivity contribution in [3.8, 4) is 0 Å². The maximum Gasteiger partial charge on any atom is 0.414 e. The fourth-order valence-corrected chi connectivity index (χ4v) is 4.05. The Morgan fingerprint density at radius 3 is 2.39 bits per heavy atom. The van der Waals surface area contributed by atoms with E-state index in [0.29, 0.717) is 24.2 Å². The van der Waals surface area contributed by atoms with Gasteiger partial charge in [0.15, 0.2) is 5.54 Å². The molecule has 2 aromatic rings. The highest BCUT2D eigenvalue weighted by Gasteiger charge is 2.68. The van der Waals surface area contributed by atoms with Gasteiger partial charge >= 0.3 is 6.18 Å². The van der Waals surface area contributed by atoms with Crippen molar-refractivity contribution in [2.24, 2.45) is 11.0 Å². The van der Waals surface area contributed by atoms with E-state index in [-0.39, 0.29) is 12.3 Å². The van der Waals surface area contributed by atoms with Gasteiger partial charge in [-0.05, 0) is 42.3 Å². The summed E-state index contributed by atoms with van der Waals surface area (Å²) in [4.78, 5) is 0.817. The Balaban J connectivity index is 1.85. The molecule has 2 aliphatic rings. The molecule has 1 aromatic heterocycles. The Morgan fingerprint density at radius 1 is 1.09 bits per heavy atom. The van der Waals surface area contributed by atoms with Crippen LogP contribution < -0.4 is 5.01 Å². The Hall–Kier alpha value is -1.82. The van der Waals surface area contributed by atoms with Gasteiger partial charge in [0.05, 0.1) is 16.3 Å². The monoisotopic (exact) mass is 336 g/mol. The van der Waals surface area contributed by atoms with Crippen LogP contribution in [-0.4, -0.2) is 17.4 Å². The van der Waals surface area contributed by atoms with Gasteiger partial charge < -0.3 is 0 Å². The van der Waals surface area contributed by atoms with Crippen molar-refractivity contribution >= 4 is 22.7 Å². The van der Waals surface area contributed by atoms with Gasteiger partial charge in [0, 0.05) is 6.42 Å². The Bertz CT molecular complexity index is 720. The lowest BCUT2D eigenvalue weighted by molar-refractivity contribution is -0.189. The zero-order valence-electron chi connectivity index (χ0n) is 12.3. The lowest BCUT2D eigenvalue weighted by atomic mass is 9.86. The normalized spacial score (nSPS) is 24.8. The van der Waals surface area contributed by atoms with Crippen molar-refractivity contribution in [1.29, 1.82) is 0 Å². The third-order valence-electron chi connectivity index (χ3n) is 4.59. The molecule has 1 fully saturated rings. The minimum atomic E-state index is -4.33. The molecule has 23 heavy (non-hydrogen) atoms. The molecule has 4 rings (SSSR count). The van der Waals surface area contributed by atoms with Crippen LogP contribution in [0.5, 0.6) is 0 Å². The van der Waals surface area contributed by atoms with Crippen molar-refractivity contribution in [2.45, 2.75) is 31.0 Å². The summed E-state index contributed by atoms with van der Waals surface area (Å²) >= 11 is 1.44. The summed E-state index contributed by atoms with van der Waals surface area (Å²) in [5.41, 5.74) is -0.871. The molecule has 0 bridgehead atoms. The lowest BCUT2D eigenvalue weighted by Gasteiger charge is -2.39. The van der Waals surface area contributed by atoms with E-state index in [1.165, 1.54) is 16.3 Å². The molecular formula is C17H15F3N2S. The number of hydrazone groups is 1. The molecule has 1 aliphatic heterocycles. The highest BCUT2D eigenvalue weighted by Crippen LogP contribution is 2.57. The van der Waals surface area contributed by atoms with Crippen molar-refractivity contribution in [3.05, 3.63) is 52.7 Å². The number of benzene rings is 1. The van der Waals surface area contributed by atoms with E-state index >= 15 is 0 Å². The third-order valence-corrected chi connectivity index (χ3v) is 5.50. The third kappa shape index (κ3) is 2.27. The molecule has 0 N–H and O–H groups in total. The first kappa shape index (κ1) is 14.8. The summed E-state index contributed by atoms with van der Waals surface area (Å²) in [5, 5.41) is 7.53. The maximum absolute atomic E-state index is 14.1. The van der Waals surface area contributed by atoms with Gasteiger partial charge in [-0.25, -0.2) is 5.01 Å². The number of nitrogens with zero attached hydrogens (tertiary/aromatic N) is 2. The second-order valence-electron chi connectivity index (χ2n) is 6.04. The van der Waals surface area contributed by atoms with Gasteiger partial charge in [-0.1, -0.05) is 24.3 Å². The first-order valence-corrected chi connectivity index (χ1v) is 8.44. The molecule has 1 unspecified atom stereocenters. The largest absolute Gasteiger partial charge is 0.414 e. The molecule has 0 saturated heterocycles. The van der Waals surface area contributed by atoms with Crippen LogP contribution in [0.4, 0.5) is 18.9 Å². The fourth-order valence-electron chi connectivity index (χ4n) is 3.34. The minimum absolute atomic E-state index is 0.0728. The number of hydrogen-bond donors (Lipinski definition) is 0. The Morgan fingerprint density at radius 2 is 1.83 bits per heavy atom. The Labute approximate surface area is 136 Å². The average Bonchev–Trinajstić information content (AvgIpc) is 3.09. The molecular weight excluding hydrogens is 321 g/mol. The van der Waals surface area contributed by atoms with Crippen LogP contribution in [0, 0.1) is 5.92 Å². The molecule has 120 valence electrons. The minimum Gasteiger partial charge on any atom is -0.249 e. The molecule has 0 spiro atoms. The molecule has 6 heteroatoms. The predicted molar refractivity (Wildman–Crippen MR) is 85.9 cm³/mol. The SMILES string of the molecule is FC(F)(F)C1(C2CC2)CC(c2cccs2)=NN1c1ccccc1. The lowest BCUT2D eigenvalue weighted by Crippen LogP contribution is -2.57. The van der Waals surface area contributed by atoms with E-state index < -0.39 is 11.7 Å². The topological polar surface area (TPSA) is 15.6 Å². The van der Waals surface area contributed by atoms with Crippen molar-refractivity contribution in [1.82, 2.24) is 0 Å². The van der Waals surface area contributed by atoms with Gasteiger partial charge in [-0.2, -0.15) is 18.3 Å². The molecule has 1 saturated carbocycles. The summed E-state index contributed by atoms with van der Waals surface area (Å²) in [6, 6.07) is 12.4. The van der Waals surface area contributed by atoms with Crippen LogP contribution in [0.3, 0.4) is 0 Å². The fraction of sp³-hybridized carbons (Fsp3) is 0.353. The quantitative estimate of drug-likeness (QED) is 0.764. The number of para-hydroxylation sites is 1. The first-order valence-electron chi connectivity index (χ1n) is 7.56. The van der Waals surface area contributed by atoms with Gasteiger partial charge in [0.25, 0.3) is 0 Å². The molecule has 1 aromatic carbocycles. The van der Waals surface area contributed by atoms with Crippen LogP contribution in [0.1, 0.15) is 24.1 Å². The van der Waals surface area contributed by atoms with Crippen LogP contribution in [0.15, 0.2) is 52.9 Å². The number of anilines is 1. The zero-order chi connectivity index (χ0) is 16.1. The molecule has 0 amide bonds. The zero-order valence-corrected chi connectivity index (χ0v) is 13.1. The summed E-state index contributed by atoms with van der Waals surface area (Å²) in [6.07, 6.45) is -3.19. The highest BCUT2D eigenvalue weighted by atomic mass is 32.1. The predicted octanol–water partition coefficient (Wildman–Crippen LogP) is 5.07. The maximum atomic E-state index is 14.1. The number of thiophene rings is 1. The molecule has 1 aliphatic carbocycles. The van der Waals surface area contributed by atoms with Gasteiger partial charge in [-0.15, -0.1) is 11.3 Å². The average molecular weight is 336 g/mol. The molecule has 2 nitrogen and oxygen atoms in total. The molecule has 2 heterocycles. The van der Waals surface area contributed by atoms with Crippen molar-refractivity contribution in [3.63, 3.8) is 0 Å². The van der Waals surface area contributed by atoms with E-state index in [2.05, 4.69) is 5.10 Å². The smallest absolute Gasteiger partial charge is 0.249 e.